The fourth-order valence-electron chi connectivity index (χ4n) is 5.51. The van der Waals surface area contributed by atoms with Gasteiger partial charge in [-0.25, -0.2) is 0 Å². The van der Waals surface area contributed by atoms with E-state index in [0.29, 0.717) is 13.0 Å². The molecule has 42 heavy (non-hydrogen) atoms. The molecular weight excluding hydrogens is 518 g/mol. The topological polar surface area (TPSA) is 73.4 Å². The number of rotatable bonds is 11. The Bertz CT molecular complexity index is 1490. The maximum absolute atomic E-state index is 12.0. The van der Waals surface area contributed by atoms with Crippen LogP contribution >= 0.6 is 0 Å². The number of aliphatic hydroxyl groups is 1. The Hall–Kier alpha value is -3.93. The van der Waals surface area contributed by atoms with E-state index in [2.05, 4.69) is 110 Å². The zero-order valence-electron chi connectivity index (χ0n) is 25.2. The van der Waals surface area contributed by atoms with Gasteiger partial charge in [-0.3, -0.25) is 4.79 Å². The fourth-order valence-corrected chi connectivity index (χ4v) is 5.51. The molecule has 5 rings (SSSR count). The van der Waals surface area contributed by atoms with Gasteiger partial charge in [-0.15, -0.1) is 0 Å². The molecule has 4 aromatic rings. The minimum absolute atomic E-state index is 0.0827. The molecule has 1 fully saturated rings. The number of anilines is 2. The van der Waals surface area contributed by atoms with Crippen LogP contribution in [0.3, 0.4) is 0 Å². The van der Waals surface area contributed by atoms with Crippen molar-refractivity contribution in [3.63, 3.8) is 0 Å². The second-order valence-corrected chi connectivity index (χ2v) is 12.6. The Balaban J connectivity index is 1.21. The first-order chi connectivity index (χ1) is 20.1. The average molecular weight is 562 g/mol. The van der Waals surface area contributed by atoms with Crippen molar-refractivity contribution >= 4 is 17.3 Å². The first-order valence-corrected chi connectivity index (χ1v) is 14.9. The van der Waals surface area contributed by atoms with Crippen LogP contribution in [0, 0.1) is 0 Å². The molecule has 0 aromatic heterocycles. The summed E-state index contributed by atoms with van der Waals surface area (Å²) in [6, 6.07) is 35.3. The summed E-state index contributed by atoms with van der Waals surface area (Å²) < 4.78 is 0. The second kappa shape index (κ2) is 12.5. The summed E-state index contributed by atoms with van der Waals surface area (Å²) in [6.07, 6.45) is 1.90. The highest BCUT2D eigenvalue weighted by Gasteiger charge is 2.44. The van der Waals surface area contributed by atoms with Crippen molar-refractivity contribution in [3.05, 3.63) is 120 Å². The smallest absolute Gasteiger partial charge is 0.217 e. The van der Waals surface area contributed by atoms with Gasteiger partial charge >= 0.3 is 0 Å². The quantitative estimate of drug-likeness (QED) is 0.158. The lowest BCUT2D eigenvalue weighted by Crippen LogP contribution is -2.49. The molecule has 0 radical (unpaired) electrons. The number of carbonyl (C=O) groups excluding carboxylic acids is 1. The van der Waals surface area contributed by atoms with Crippen molar-refractivity contribution in [1.29, 1.82) is 0 Å². The Morgan fingerprint density at radius 3 is 2.19 bits per heavy atom. The summed E-state index contributed by atoms with van der Waals surface area (Å²) in [5.41, 5.74) is 7.96. The summed E-state index contributed by atoms with van der Waals surface area (Å²) in [4.78, 5) is 12.0. The highest BCUT2D eigenvalue weighted by atomic mass is 16.3. The monoisotopic (exact) mass is 561 g/mol. The second-order valence-electron chi connectivity index (χ2n) is 12.6. The summed E-state index contributed by atoms with van der Waals surface area (Å²) in [5.74, 6) is -0.144. The number of hydrogen-bond donors (Lipinski definition) is 4. The van der Waals surface area contributed by atoms with Gasteiger partial charge < -0.3 is 21.1 Å². The first kappa shape index (κ1) is 29.6. The highest BCUT2D eigenvalue weighted by Crippen LogP contribution is 2.46. The van der Waals surface area contributed by atoms with Crippen LogP contribution in [0.4, 0.5) is 11.4 Å². The van der Waals surface area contributed by atoms with Gasteiger partial charge in [0.05, 0.1) is 12.1 Å². The molecule has 4 N–H and O–H groups in total. The molecule has 1 aliphatic carbocycles. The minimum Gasteiger partial charge on any atom is -0.390 e. The number of carbonyl (C=O) groups is 1. The lowest BCUT2D eigenvalue weighted by molar-refractivity contribution is -0.120. The van der Waals surface area contributed by atoms with Crippen LogP contribution in [-0.4, -0.2) is 29.7 Å². The van der Waals surface area contributed by atoms with Crippen LogP contribution in [0.15, 0.2) is 103 Å². The van der Waals surface area contributed by atoms with E-state index < -0.39 is 12.1 Å². The Morgan fingerprint density at radius 1 is 0.833 bits per heavy atom. The molecule has 5 nitrogen and oxygen atoms in total. The molecule has 0 aliphatic heterocycles. The van der Waals surface area contributed by atoms with Crippen LogP contribution in [-0.2, 0) is 22.2 Å². The van der Waals surface area contributed by atoms with Crippen molar-refractivity contribution in [2.24, 2.45) is 0 Å². The van der Waals surface area contributed by atoms with Crippen LogP contribution in [0.5, 0.6) is 0 Å². The van der Waals surface area contributed by atoms with Crippen molar-refractivity contribution < 1.29 is 9.90 Å². The number of amides is 1. The maximum Gasteiger partial charge on any atom is 0.217 e. The predicted molar refractivity (Wildman–Crippen MR) is 173 cm³/mol. The zero-order chi connectivity index (χ0) is 29.7. The van der Waals surface area contributed by atoms with Crippen molar-refractivity contribution in [2.45, 2.75) is 70.1 Å². The third-order valence-electron chi connectivity index (χ3n) is 8.20. The number of hydrogen-bond acceptors (Lipinski definition) is 4. The van der Waals surface area contributed by atoms with Crippen molar-refractivity contribution in [3.8, 4) is 11.1 Å². The molecule has 0 bridgehead atoms. The molecule has 4 aromatic carbocycles. The van der Waals surface area contributed by atoms with E-state index in [1.165, 1.54) is 23.6 Å². The third-order valence-corrected chi connectivity index (χ3v) is 8.20. The lowest BCUT2D eigenvalue weighted by Gasteiger charge is -2.28. The van der Waals surface area contributed by atoms with E-state index >= 15 is 0 Å². The van der Waals surface area contributed by atoms with Crippen LogP contribution in [0.1, 0.15) is 57.2 Å². The molecule has 0 heterocycles. The fraction of sp³-hybridized carbons (Fsp3) is 0.324. The van der Waals surface area contributed by atoms with Crippen LogP contribution < -0.4 is 16.0 Å². The molecule has 5 heteroatoms. The molecule has 0 spiro atoms. The van der Waals surface area contributed by atoms with E-state index in [0.717, 1.165) is 35.3 Å². The number of nitrogens with one attached hydrogen (secondary N) is 3. The van der Waals surface area contributed by atoms with Gasteiger partial charge in [0.25, 0.3) is 0 Å². The summed E-state index contributed by atoms with van der Waals surface area (Å²) in [6.45, 7) is 8.60. The van der Waals surface area contributed by atoms with Gasteiger partial charge in [0, 0.05) is 30.4 Å². The standard InChI is InChI=1S/C37H43N3O2/c1-26(41)39-34(35(42)25-38-37(20-21-37)31-14-9-13-30(24-31)36(2,3)4)22-27-16-18-32(19-17-27)40-33-15-8-12-29(23-33)28-10-6-5-7-11-28/h5-19,23-24,34-35,38,40,42H,20-22,25H2,1-4H3,(H,39,41)/t34-,35-/m0/s1. The maximum atomic E-state index is 12.0. The molecule has 0 saturated heterocycles. The summed E-state index contributed by atoms with van der Waals surface area (Å²) >= 11 is 0. The van der Waals surface area contributed by atoms with Gasteiger partial charge in [0.1, 0.15) is 0 Å². The lowest BCUT2D eigenvalue weighted by atomic mass is 9.85. The first-order valence-electron chi connectivity index (χ1n) is 14.9. The Morgan fingerprint density at radius 2 is 1.52 bits per heavy atom. The van der Waals surface area contributed by atoms with Crippen LogP contribution in [0.25, 0.3) is 11.1 Å². The van der Waals surface area contributed by atoms with Gasteiger partial charge in [0.15, 0.2) is 0 Å². The van der Waals surface area contributed by atoms with Crippen molar-refractivity contribution in [2.75, 3.05) is 11.9 Å². The predicted octanol–water partition coefficient (Wildman–Crippen LogP) is 7.08. The molecule has 0 unspecified atom stereocenters. The number of benzene rings is 4. The molecule has 218 valence electrons. The Kier molecular flexibility index (Phi) is 8.81. The zero-order valence-corrected chi connectivity index (χ0v) is 25.2. The Labute approximate surface area is 250 Å². The molecule has 1 amide bonds. The molecule has 2 atom stereocenters. The molecule has 1 aliphatic rings. The summed E-state index contributed by atoms with van der Waals surface area (Å²) in [5, 5.41) is 21.3. The molecular formula is C37H43N3O2. The average Bonchev–Trinajstić information content (AvgIpc) is 3.78. The van der Waals surface area contributed by atoms with Gasteiger partial charge in [0.2, 0.25) is 5.91 Å². The van der Waals surface area contributed by atoms with Crippen molar-refractivity contribution in [1.82, 2.24) is 10.6 Å². The highest BCUT2D eigenvalue weighted by molar-refractivity contribution is 5.73. The molecule has 1 saturated carbocycles. The van der Waals surface area contributed by atoms with Gasteiger partial charge in [-0.2, -0.15) is 0 Å². The number of aliphatic hydroxyl groups excluding tert-OH is 1. The van der Waals surface area contributed by atoms with Gasteiger partial charge in [-0.1, -0.05) is 99.6 Å². The summed E-state index contributed by atoms with van der Waals surface area (Å²) in [7, 11) is 0. The van der Waals surface area contributed by atoms with E-state index in [-0.39, 0.29) is 16.9 Å². The third kappa shape index (κ3) is 7.47. The normalized spacial score (nSPS) is 15.5. The largest absolute Gasteiger partial charge is 0.390 e. The minimum atomic E-state index is -0.726. The van der Waals surface area contributed by atoms with E-state index in [4.69, 9.17) is 0 Å². The SMILES string of the molecule is CC(=O)N[C@@H](Cc1ccc(Nc2cccc(-c3ccccc3)c2)cc1)[C@@H](O)CNC1(c2cccc(C(C)(C)C)c2)CC1. The van der Waals surface area contributed by atoms with Crippen LogP contribution in [0.2, 0.25) is 0 Å². The van der Waals surface area contributed by atoms with E-state index in [9.17, 15) is 9.90 Å². The van der Waals surface area contributed by atoms with Gasteiger partial charge in [-0.05, 0) is 76.8 Å². The van der Waals surface area contributed by atoms with E-state index in [1.807, 2.05) is 30.3 Å². The van der Waals surface area contributed by atoms with E-state index in [1.54, 1.807) is 0 Å².